The first-order valence-electron chi connectivity index (χ1n) is 9.67. The number of hydrogen-bond donors (Lipinski definition) is 2. The third-order valence-electron chi connectivity index (χ3n) is 5.56. The van der Waals surface area contributed by atoms with Gasteiger partial charge in [0.25, 0.3) is 5.91 Å². The Hall–Kier alpha value is -2.97. The highest BCUT2D eigenvalue weighted by Crippen LogP contribution is 2.38. The Bertz CT molecular complexity index is 969. The molecule has 30 heavy (non-hydrogen) atoms. The van der Waals surface area contributed by atoms with Gasteiger partial charge in [0, 0.05) is 36.1 Å². The maximum Gasteiger partial charge on any atom is 0.391 e. The molecule has 5 nitrogen and oxygen atoms in total. The zero-order chi connectivity index (χ0) is 21.5. The first kappa shape index (κ1) is 20.3. The molecule has 160 valence electrons. The van der Waals surface area contributed by atoms with Crippen molar-refractivity contribution in [1.29, 1.82) is 0 Å². The summed E-state index contributed by atoms with van der Waals surface area (Å²) in [5, 5.41) is 5.83. The Morgan fingerprint density at radius 1 is 1.17 bits per heavy atom. The second kappa shape index (κ2) is 7.70. The number of hydrogen-bond acceptors (Lipinski definition) is 4. The van der Waals surface area contributed by atoms with Gasteiger partial charge < -0.3 is 20.3 Å². The van der Waals surface area contributed by atoms with E-state index in [9.17, 15) is 18.0 Å². The van der Waals surface area contributed by atoms with Crippen LogP contribution in [0.5, 0.6) is 5.75 Å². The van der Waals surface area contributed by atoms with Gasteiger partial charge in [0.1, 0.15) is 5.75 Å². The maximum atomic E-state index is 15.0. The third kappa shape index (κ3) is 4.01. The number of carbonyl (C=O) groups excluding carboxylic acids is 1. The minimum Gasteiger partial charge on any atom is -0.482 e. The van der Waals surface area contributed by atoms with Crippen LogP contribution in [0.4, 0.5) is 40.3 Å². The van der Waals surface area contributed by atoms with E-state index in [2.05, 4.69) is 10.6 Å². The van der Waals surface area contributed by atoms with Gasteiger partial charge in [-0.25, -0.2) is 4.39 Å². The lowest BCUT2D eigenvalue weighted by atomic mass is 9.95. The number of fused-ring (bicyclic) bond motifs is 1. The normalized spacial score (nSPS) is 17.2. The molecule has 2 heterocycles. The summed E-state index contributed by atoms with van der Waals surface area (Å²) in [4.78, 5) is 13.0. The lowest BCUT2D eigenvalue weighted by molar-refractivity contribution is -0.179. The molecule has 1 fully saturated rings. The molecule has 2 aromatic carbocycles. The van der Waals surface area contributed by atoms with Gasteiger partial charge in [0.05, 0.1) is 17.3 Å². The van der Waals surface area contributed by atoms with Crippen molar-refractivity contribution in [2.24, 2.45) is 5.92 Å². The predicted molar refractivity (Wildman–Crippen MR) is 106 cm³/mol. The van der Waals surface area contributed by atoms with Gasteiger partial charge >= 0.3 is 6.18 Å². The van der Waals surface area contributed by atoms with E-state index >= 15 is 4.39 Å². The van der Waals surface area contributed by atoms with E-state index in [0.717, 1.165) is 0 Å². The van der Waals surface area contributed by atoms with Crippen LogP contribution in [0.25, 0.3) is 0 Å². The topological polar surface area (TPSA) is 53.6 Å². The van der Waals surface area contributed by atoms with Gasteiger partial charge in [-0.3, -0.25) is 4.79 Å². The Balaban J connectivity index is 1.49. The lowest BCUT2D eigenvalue weighted by Gasteiger charge is -2.35. The molecule has 2 N–H and O–H groups in total. The van der Waals surface area contributed by atoms with E-state index in [1.165, 1.54) is 0 Å². The van der Waals surface area contributed by atoms with Gasteiger partial charge in [-0.15, -0.1) is 0 Å². The Kier molecular flexibility index (Phi) is 5.21. The van der Waals surface area contributed by atoms with Gasteiger partial charge in [0.2, 0.25) is 0 Å². The first-order valence-corrected chi connectivity index (χ1v) is 9.67. The van der Waals surface area contributed by atoms with Crippen molar-refractivity contribution >= 4 is 28.7 Å². The van der Waals surface area contributed by atoms with E-state index in [0.29, 0.717) is 34.1 Å². The molecule has 0 spiro atoms. The van der Waals surface area contributed by atoms with Gasteiger partial charge in [-0.05, 0) is 44.0 Å². The van der Waals surface area contributed by atoms with Crippen molar-refractivity contribution in [3.8, 4) is 5.75 Å². The second-order valence-corrected chi connectivity index (χ2v) is 7.55. The second-order valence-electron chi connectivity index (χ2n) is 7.55. The van der Waals surface area contributed by atoms with E-state index < -0.39 is 17.9 Å². The van der Waals surface area contributed by atoms with Crippen molar-refractivity contribution in [1.82, 2.24) is 0 Å². The number of alkyl halides is 3. The monoisotopic (exact) mass is 423 g/mol. The fraction of sp³-hybridized carbons (Fsp3) is 0.381. The SMILES string of the molecule is Cc1c(Nc2ccc3c(c2)OCC(=O)N3)ccc(N2CCC(C(F)(F)F)CC2)c1F. The summed E-state index contributed by atoms with van der Waals surface area (Å²) < 4.78 is 59.0. The maximum absolute atomic E-state index is 15.0. The molecule has 2 aliphatic rings. The number of carbonyl (C=O) groups is 1. The number of benzene rings is 2. The first-order chi connectivity index (χ1) is 14.2. The number of rotatable bonds is 3. The number of nitrogens with zero attached hydrogens (tertiary/aromatic N) is 1. The number of ether oxygens (including phenoxy) is 1. The molecule has 0 aromatic heterocycles. The molecule has 9 heteroatoms. The van der Waals surface area contributed by atoms with Crippen LogP contribution in [-0.4, -0.2) is 31.8 Å². The number of amides is 1. The molecule has 0 unspecified atom stereocenters. The van der Waals surface area contributed by atoms with Crippen molar-refractivity contribution in [2.75, 3.05) is 35.2 Å². The number of halogens is 4. The highest BCUT2D eigenvalue weighted by molar-refractivity contribution is 5.95. The lowest BCUT2D eigenvalue weighted by Crippen LogP contribution is -2.39. The van der Waals surface area contributed by atoms with Gasteiger partial charge in [-0.2, -0.15) is 13.2 Å². The van der Waals surface area contributed by atoms with E-state index in [1.54, 1.807) is 42.2 Å². The molecule has 0 aliphatic carbocycles. The molecule has 0 radical (unpaired) electrons. The van der Waals surface area contributed by atoms with Crippen molar-refractivity contribution < 1.29 is 27.1 Å². The van der Waals surface area contributed by atoms with E-state index in [-0.39, 0.29) is 38.4 Å². The van der Waals surface area contributed by atoms with Crippen LogP contribution in [0.2, 0.25) is 0 Å². The van der Waals surface area contributed by atoms with E-state index in [4.69, 9.17) is 4.74 Å². The smallest absolute Gasteiger partial charge is 0.391 e. The zero-order valence-corrected chi connectivity index (χ0v) is 16.3. The zero-order valence-electron chi connectivity index (χ0n) is 16.3. The van der Waals surface area contributed by atoms with E-state index in [1.807, 2.05) is 0 Å². The number of anilines is 4. The summed E-state index contributed by atoms with van der Waals surface area (Å²) in [6, 6.07) is 8.45. The van der Waals surface area contributed by atoms with Crippen LogP contribution in [0.3, 0.4) is 0 Å². The van der Waals surface area contributed by atoms with Gasteiger partial charge in [0.15, 0.2) is 12.4 Å². The largest absolute Gasteiger partial charge is 0.482 e. The molecule has 0 atom stereocenters. The van der Waals surface area contributed by atoms with Crippen LogP contribution >= 0.6 is 0 Å². The Labute approximate surface area is 171 Å². The van der Waals surface area contributed by atoms with Crippen molar-refractivity contribution in [3.05, 3.63) is 41.7 Å². The number of piperidine rings is 1. The molecule has 0 bridgehead atoms. The predicted octanol–water partition coefficient (Wildman–Crippen LogP) is 4.99. The third-order valence-corrected chi connectivity index (χ3v) is 5.56. The van der Waals surface area contributed by atoms with Crippen LogP contribution in [0.15, 0.2) is 30.3 Å². The van der Waals surface area contributed by atoms with Crippen LogP contribution in [0.1, 0.15) is 18.4 Å². The molecule has 1 saturated heterocycles. The summed E-state index contributed by atoms with van der Waals surface area (Å²) in [6.45, 7) is 1.89. The Morgan fingerprint density at radius 2 is 1.90 bits per heavy atom. The summed E-state index contributed by atoms with van der Waals surface area (Å²) in [5.41, 5.74) is 2.46. The average molecular weight is 423 g/mol. The van der Waals surface area contributed by atoms with Crippen molar-refractivity contribution in [3.63, 3.8) is 0 Å². The summed E-state index contributed by atoms with van der Waals surface area (Å²) in [5.74, 6) is -1.49. The highest BCUT2D eigenvalue weighted by Gasteiger charge is 2.41. The quantitative estimate of drug-likeness (QED) is 0.684. The van der Waals surface area contributed by atoms with Crippen LogP contribution in [-0.2, 0) is 4.79 Å². The standard InChI is InChI=1S/C21H21F4N3O2/c1-12-15(26-14-2-3-16-18(10-14)30-11-19(29)27-16)4-5-17(20(12)22)28-8-6-13(7-9-28)21(23,24)25/h2-5,10,13,26H,6-9,11H2,1H3,(H,27,29). The Morgan fingerprint density at radius 3 is 2.60 bits per heavy atom. The van der Waals surface area contributed by atoms with Gasteiger partial charge in [-0.1, -0.05) is 0 Å². The molecule has 4 rings (SSSR count). The van der Waals surface area contributed by atoms with Crippen LogP contribution in [0, 0.1) is 18.7 Å². The average Bonchev–Trinajstić information content (AvgIpc) is 2.71. The van der Waals surface area contributed by atoms with Crippen molar-refractivity contribution in [2.45, 2.75) is 25.9 Å². The fourth-order valence-corrected chi connectivity index (χ4v) is 3.81. The minimum absolute atomic E-state index is 0.0341. The summed E-state index contributed by atoms with van der Waals surface area (Å²) in [7, 11) is 0. The summed E-state index contributed by atoms with van der Waals surface area (Å²) in [6.07, 6.45) is -4.27. The molecule has 0 saturated carbocycles. The van der Waals surface area contributed by atoms with Crippen LogP contribution < -0.4 is 20.3 Å². The number of nitrogens with one attached hydrogen (secondary N) is 2. The minimum atomic E-state index is -4.20. The summed E-state index contributed by atoms with van der Waals surface area (Å²) >= 11 is 0. The molecule has 2 aromatic rings. The molecular formula is C21H21F4N3O2. The fourth-order valence-electron chi connectivity index (χ4n) is 3.81. The molecule has 1 amide bonds. The molecular weight excluding hydrogens is 402 g/mol. The molecule has 2 aliphatic heterocycles. The highest BCUT2D eigenvalue weighted by atomic mass is 19.4.